The van der Waals surface area contributed by atoms with Crippen molar-refractivity contribution in [1.29, 1.82) is 0 Å². The van der Waals surface area contributed by atoms with E-state index in [9.17, 15) is 13.2 Å². The van der Waals surface area contributed by atoms with Crippen LogP contribution in [0, 0.1) is 0 Å². The molecule has 0 aliphatic heterocycles. The van der Waals surface area contributed by atoms with Crippen molar-refractivity contribution in [2.45, 2.75) is 44.4 Å². The minimum atomic E-state index is -3.69. The summed E-state index contributed by atoms with van der Waals surface area (Å²) in [6, 6.07) is 13.4. The number of methoxy groups -OCH3 is 1. The lowest BCUT2D eigenvalue weighted by molar-refractivity contribution is -0.224. The monoisotopic (exact) mass is 475 g/mol. The zero-order valence-corrected chi connectivity index (χ0v) is 19.2. The van der Waals surface area contributed by atoms with Crippen molar-refractivity contribution in [2.24, 2.45) is 0 Å². The zero-order valence-electron chi connectivity index (χ0n) is 18.4. The average Bonchev–Trinajstić information content (AvgIpc) is 3.00. The Balaban J connectivity index is 1.98. The second-order valence-electron chi connectivity index (χ2n) is 7.62. The van der Waals surface area contributed by atoms with Crippen LogP contribution in [0.2, 0.25) is 5.02 Å². The largest absolute Gasteiger partial charge is 0.493 e. The van der Waals surface area contributed by atoms with Gasteiger partial charge in [-0.1, -0.05) is 48.9 Å². The topological polar surface area (TPSA) is 31.4 Å². The van der Waals surface area contributed by atoms with Crippen LogP contribution in [-0.2, 0) is 15.9 Å². The number of alkyl halides is 3. The van der Waals surface area contributed by atoms with Crippen molar-refractivity contribution in [3.05, 3.63) is 106 Å². The van der Waals surface area contributed by atoms with Gasteiger partial charge in [0.25, 0.3) is 0 Å². The quantitative estimate of drug-likeness (QED) is 0.337. The predicted octanol–water partition coefficient (Wildman–Crippen LogP) is 7.32. The number of aromatic nitrogens is 1. The lowest BCUT2D eigenvalue weighted by atomic mass is 9.88. The minimum absolute atomic E-state index is 0.0236. The van der Waals surface area contributed by atoms with E-state index in [1.807, 2.05) is 36.4 Å². The number of halogens is 4. The molecule has 0 N–H and O–H groups in total. The summed E-state index contributed by atoms with van der Waals surface area (Å²) in [7, 11) is 1.36. The summed E-state index contributed by atoms with van der Waals surface area (Å²) in [5, 5.41) is 0.510. The Hall–Kier alpha value is -2.95. The maximum absolute atomic E-state index is 14.3. The van der Waals surface area contributed by atoms with Crippen molar-refractivity contribution < 1.29 is 22.6 Å². The van der Waals surface area contributed by atoms with Gasteiger partial charge in [-0.2, -0.15) is 8.78 Å². The van der Waals surface area contributed by atoms with Crippen molar-refractivity contribution in [1.82, 2.24) is 4.98 Å². The summed E-state index contributed by atoms with van der Waals surface area (Å²) in [5.74, 6) is -0.365. The number of nitrogens with zero attached hydrogens (tertiary/aromatic N) is 1. The number of rotatable bonds is 10. The molecule has 33 heavy (non-hydrogen) atoms. The second kappa shape index (κ2) is 11.3. The third-order valence-corrected chi connectivity index (χ3v) is 5.40. The molecule has 1 aliphatic carbocycles. The van der Waals surface area contributed by atoms with Gasteiger partial charge in [-0.3, -0.25) is 4.98 Å². The van der Waals surface area contributed by atoms with Crippen molar-refractivity contribution in [3.63, 3.8) is 0 Å². The fourth-order valence-corrected chi connectivity index (χ4v) is 3.54. The highest BCUT2D eigenvalue weighted by molar-refractivity contribution is 6.30. The van der Waals surface area contributed by atoms with Crippen LogP contribution in [-0.4, -0.2) is 24.4 Å². The Morgan fingerprint density at radius 2 is 1.85 bits per heavy atom. The first-order valence-corrected chi connectivity index (χ1v) is 11.0. The molecule has 1 aliphatic rings. The van der Waals surface area contributed by atoms with Gasteiger partial charge in [-0.15, -0.1) is 5.73 Å². The molecule has 7 heteroatoms. The van der Waals surface area contributed by atoms with Crippen molar-refractivity contribution in [3.8, 4) is 0 Å². The molecule has 0 saturated heterocycles. The Bertz CT molecular complexity index is 1060. The van der Waals surface area contributed by atoms with Gasteiger partial charge in [-0.05, 0) is 48.3 Å². The van der Waals surface area contributed by atoms with Gasteiger partial charge in [0.15, 0.2) is 11.5 Å². The van der Waals surface area contributed by atoms with Crippen LogP contribution >= 0.6 is 11.6 Å². The minimum Gasteiger partial charge on any atom is -0.493 e. The molecule has 3 nitrogen and oxygen atoms in total. The number of ether oxygens (including phenoxy) is 2. The number of hydrogen-bond donors (Lipinski definition) is 0. The molecule has 3 rings (SSSR count). The van der Waals surface area contributed by atoms with E-state index in [-0.39, 0.29) is 23.9 Å². The predicted molar refractivity (Wildman–Crippen MR) is 123 cm³/mol. The molecule has 0 radical (unpaired) electrons. The normalized spacial score (nSPS) is 15.6. The molecule has 2 unspecified atom stereocenters. The van der Waals surface area contributed by atoms with E-state index in [4.69, 9.17) is 21.1 Å². The zero-order chi connectivity index (χ0) is 23.8. The molecule has 2 aromatic rings. The lowest BCUT2D eigenvalue weighted by Gasteiger charge is -2.21. The molecule has 0 spiro atoms. The van der Waals surface area contributed by atoms with E-state index in [2.05, 4.69) is 10.7 Å². The summed E-state index contributed by atoms with van der Waals surface area (Å²) in [5.41, 5.74) is 5.45. The standard InChI is InChI=1S/C26H25ClF3NO2/c1-3-21(28)16-26(29,30)33-24-11-7-10-19(15-25(24)32-2)22(14-18-8-5-4-6-9-18)23-13-12-20(27)17-31-23/h4-6,8-13,15,17,21-22H,3,14,16H2,1-2H3. The third kappa shape index (κ3) is 7.01. The Morgan fingerprint density at radius 3 is 2.48 bits per heavy atom. The molecular weight excluding hydrogens is 451 g/mol. The maximum Gasteiger partial charge on any atom is 0.400 e. The van der Waals surface area contributed by atoms with E-state index in [0.717, 1.165) is 16.8 Å². The first kappa shape index (κ1) is 24.7. The van der Waals surface area contributed by atoms with Gasteiger partial charge < -0.3 is 9.47 Å². The molecule has 174 valence electrons. The Kier molecular flexibility index (Phi) is 8.43. The van der Waals surface area contributed by atoms with E-state index in [1.54, 1.807) is 24.4 Å². The summed E-state index contributed by atoms with van der Waals surface area (Å²) in [6.07, 6.45) is 0.316. The van der Waals surface area contributed by atoms with Gasteiger partial charge in [-0.25, -0.2) is 4.39 Å². The molecule has 0 bridgehead atoms. The van der Waals surface area contributed by atoms with Gasteiger partial charge in [0.2, 0.25) is 0 Å². The number of allylic oxidation sites excluding steroid dienone is 3. The third-order valence-electron chi connectivity index (χ3n) is 5.18. The number of benzene rings is 1. The van der Waals surface area contributed by atoms with Crippen molar-refractivity contribution >= 4 is 11.6 Å². The fourth-order valence-electron chi connectivity index (χ4n) is 3.43. The van der Waals surface area contributed by atoms with Crippen LogP contribution < -0.4 is 0 Å². The van der Waals surface area contributed by atoms with E-state index >= 15 is 0 Å². The fraction of sp³-hybridized carbons (Fsp3) is 0.308. The molecule has 1 heterocycles. The summed E-state index contributed by atoms with van der Waals surface area (Å²) >= 11 is 6.02. The molecular formula is C26H25ClF3NO2. The van der Waals surface area contributed by atoms with Crippen LogP contribution in [0.1, 0.15) is 36.9 Å². The highest BCUT2D eigenvalue weighted by atomic mass is 35.5. The SMILES string of the molecule is CCC(F)CC(F)(F)OC1=C(OC)C=C(C(Cc2ccccc2)c2ccc(Cl)cn2)C=C=C1. The molecule has 0 amide bonds. The summed E-state index contributed by atoms with van der Waals surface area (Å²) in [4.78, 5) is 4.47. The first-order chi connectivity index (χ1) is 15.8. The molecule has 0 fully saturated rings. The average molecular weight is 476 g/mol. The summed E-state index contributed by atoms with van der Waals surface area (Å²) < 4.78 is 52.4. The van der Waals surface area contributed by atoms with E-state index < -0.39 is 18.7 Å². The van der Waals surface area contributed by atoms with Crippen molar-refractivity contribution in [2.75, 3.05) is 7.11 Å². The lowest BCUT2D eigenvalue weighted by Crippen LogP contribution is -2.25. The van der Waals surface area contributed by atoms with Gasteiger partial charge in [0.1, 0.15) is 6.17 Å². The Morgan fingerprint density at radius 1 is 1.09 bits per heavy atom. The van der Waals surface area contributed by atoms with Crippen LogP contribution in [0.5, 0.6) is 0 Å². The van der Waals surface area contributed by atoms with Gasteiger partial charge in [0, 0.05) is 23.9 Å². The van der Waals surface area contributed by atoms with E-state index in [1.165, 1.54) is 20.1 Å². The van der Waals surface area contributed by atoms with Crippen LogP contribution in [0.15, 0.2) is 89.7 Å². The van der Waals surface area contributed by atoms with Gasteiger partial charge in [0.05, 0.1) is 18.6 Å². The highest BCUT2D eigenvalue weighted by Gasteiger charge is 2.36. The maximum atomic E-state index is 14.3. The smallest absolute Gasteiger partial charge is 0.400 e. The number of hydrogen-bond acceptors (Lipinski definition) is 3. The van der Waals surface area contributed by atoms with Gasteiger partial charge >= 0.3 is 6.11 Å². The first-order valence-electron chi connectivity index (χ1n) is 10.6. The molecule has 2 atom stereocenters. The van der Waals surface area contributed by atoms with E-state index in [0.29, 0.717) is 11.4 Å². The second-order valence-corrected chi connectivity index (χ2v) is 8.06. The highest BCUT2D eigenvalue weighted by Crippen LogP contribution is 2.34. The molecule has 1 aromatic heterocycles. The van der Waals surface area contributed by atoms with Crippen LogP contribution in [0.3, 0.4) is 0 Å². The Labute approximate surface area is 196 Å². The number of pyridine rings is 1. The van der Waals surface area contributed by atoms with Crippen LogP contribution in [0.4, 0.5) is 13.2 Å². The summed E-state index contributed by atoms with van der Waals surface area (Å²) in [6.45, 7) is 1.50. The molecule has 1 aromatic carbocycles. The molecule has 0 saturated carbocycles. The van der Waals surface area contributed by atoms with Crippen LogP contribution in [0.25, 0.3) is 0 Å².